The van der Waals surface area contributed by atoms with Crippen LogP contribution in [0, 0.1) is 5.92 Å². The number of amides is 2. The molecule has 13 heavy (non-hydrogen) atoms. The molecule has 0 aromatic heterocycles. The average Bonchev–Trinajstić information content (AvgIpc) is 2.94. The fourth-order valence-electron chi connectivity index (χ4n) is 1.33. The van der Waals surface area contributed by atoms with E-state index in [9.17, 15) is 4.79 Å². The first-order valence-electron chi connectivity index (χ1n) is 5.02. The van der Waals surface area contributed by atoms with Crippen LogP contribution in [-0.4, -0.2) is 25.2 Å². The standard InChI is InChI=1S/C9H19N3O/c1-2-5-11-9(13)12-8(6-10)7-3-4-7/h7-8H,2-6,10H2,1H3,(H2,11,12,13). The van der Waals surface area contributed by atoms with Gasteiger partial charge in [0.25, 0.3) is 0 Å². The van der Waals surface area contributed by atoms with Crippen LogP contribution in [-0.2, 0) is 0 Å². The number of urea groups is 1. The zero-order chi connectivity index (χ0) is 9.68. The summed E-state index contributed by atoms with van der Waals surface area (Å²) < 4.78 is 0. The molecule has 0 aromatic carbocycles. The quantitative estimate of drug-likeness (QED) is 0.581. The molecule has 0 heterocycles. The number of carbonyl (C=O) groups excluding carboxylic acids is 1. The van der Waals surface area contributed by atoms with Gasteiger partial charge in [-0.15, -0.1) is 0 Å². The highest BCUT2D eigenvalue weighted by Crippen LogP contribution is 2.31. The molecule has 4 heteroatoms. The molecule has 0 aromatic rings. The summed E-state index contributed by atoms with van der Waals surface area (Å²) in [6.07, 6.45) is 3.37. The SMILES string of the molecule is CCCNC(=O)NC(CN)C1CC1. The highest BCUT2D eigenvalue weighted by Gasteiger charge is 2.30. The van der Waals surface area contributed by atoms with Crippen molar-refractivity contribution in [3.63, 3.8) is 0 Å². The third-order valence-electron chi connectivity index (χ3n) is 2.30. The van der Waals surface area contributed by atoms with Gasteiger partial charge in [-0.3, -0.25) is 0 Å². The van der Waals surface area contributed by atoms with Crippen molar-refractivity contribution < 1.29 is 4.79 Å². The van der Waals surface area contributed by atoms with Crippen LogP contribution in [0.5, 0.6) is 0 Å². The van der Waals surface area contributed by atoms with E-state index < -0.39 is 0 Å². The maximum absolute atomic E-state index is 11.2. The Labute approximate surface area is 79.3 Å². The molecule has 1 unspecified atom stereocenters. The van der Waals surface area contributed by atoms with Gasteiger partial charge in [0.15, 0.2) is 0 Å². The van der Waals surface area contributed by atoms with Gasteiger partial charge in [-0.25, -0.2) is 4.79 Å². The fourth-order valence-corrected chi connectivity index (χ4v) is 1.33. The monoisotopic (exact) mass is 185 g/mol. The third kappa shape index (κ3) is 3.63. The van der Waals surface area contributed by atoms with E-state index in [1.807, 2.05) is 6.92 Å². The van der Waals surface area contributed by atoms with Crippen molar-refractivity contribution in [2.45, 2.75) is 32.2 Å². The Balaban J connectivity index is 2.16. The molecule has 2 amide bonds. The minimum Gasteiger partial charge on any atom is -0.338 e. The molecule has 76 valence electrons. The van der Waals surface area contributed by atoms with Gasteiger partial charge in [0.2, 0.25) is 0 Å². The molecule has 1 aliphatic rings. The van der Waals surface area contributed by atoms with Crippen molar-refractivity contribution in [1.82, 2.24) is 10.6 Å². The first-order valence-corrected chi connectivity index (χ1v) is 5.02. The van der Waals surface area contributed by atoms with Gasteiger partial charge >= 0.3 is 6.03 Å². The lowest BCUT2D eigenvalue weighted by molar-refractivity contribution is 0.235. The van der Waals surface area contributed by atoms with E-state index in [1.54, 1.807) is 0 Å². The second kappa shape index (κ2) is 5.07. The molecule has 1 aliphatic carbocycles. The molecule has 0 radical (unpaired) electrons. The number of rotatable bonds is 5. The zero-order valence-corrected chi connectivity index (χ0v) is 8.18. The predicted octanol–water partition coefficient (Wildman–Crippen LogP) is 0.433. The fraction of sp³-hybridized carbons (Fsp3) is 0.889. The molecule has 1 atom stereocenters. The van der Waals surface area contributed by atoms with Crippen LogP contribution in [0.2, 0.25) is 0 Å². The highest BCUT2D eigenvalue weighted by molar-refractivity contribution is 5.74. The van der Waals surface area contributed by atoms with E-state index in [2.05, 4.69) is 10.6 Å². The second-order valence-corrected chi connectivity index (χ2v) is 3.58. The van der Waals surface area contributed by atoms with Gasteiger partial charge in [-0.05, 0) is 25.2 Å². The smallest absolute Gasteiger partial charge is 0.315 e. The normalized spacial score (nSPS) is 18.0. The molecular weight excluding hydrogens is 166 g/mol. The Hall–Kier alpha value is -0.770. The van der Waals surface area contributed by atoms with Crippen molar-refractivity contribution in [1.29, 1.82) is 0 Å². The summed E-state index contributed by atoms with van der Waals surface area (Å²) in [6, 6.07) is 0.0982. The van der Waals surface area contributed by atoms with Crippen LogP contribution in [0.25, 0.3) is 0 Å². The number of nitrogens with two attached hydrogens (primary N) is 1. The number of hydrogen-bond acceptors (Lipinski definition) is 2. The van der Waals surface area contributed by atoms with E-state index >= 15 is 0 Å². The first-order chi connectivity index (χ1) is 6.27. The van der Waals surface area contributed by atoms with E-state index in [1.165, 1.54) is 12.8 Å². The lowest BCUT2D eigenvalue weighted by Gasteiger charge is -2.16. The summed E-state index contributed by atoms with van der Waals surface area (Å²) in [6.45, 7) is 3.31. The minimum absolute atomic E-state index is 0.0794. The zero-order valence-electron chi connectivity index (χ0n) is 8.18. The van der Waals surface area contributed by atoms with Gasteiger partial charge in [-0.1, -0.05) is 6.92 Å². The third-order valence-corrected chi connectivity index (χ3v) is 2.30. The van der Waals surface area contributed by atoms with Crippen molar-refractivity contribution in [2.24, 2.45) is 11.7 Å². The summed E-state index contributed by atoms with van der Waals surface area (Å²) in [5.74, 6) is 0.623. The maximum Gasteiger partial charge on any atom is 0.315 e. The molecule has 0 saturated heterocycles. The van der Waals surface area contributed by atoms with Gasteiger partial charge in [-0.2, -0.15) is 0 Å². The Morgan fingerprint density at radius 1 is 1.62 bits per heavy atom. The number of nitrogens with one attached hydrogen (secondary N) is 2. The van der Waals surface area contributed by atoms with Gasteiger partial charge < -0.3 is 16.4 Å². The summed E-state index contributed by atoms with van der Waals surface area (Å²) in [4.78, 5) is 11.2. The van der Waals surface area contributed by atoms with Crippen LogP contribution in [0.3, 0.4) is 0 Å². The van der Waals surface area contributed by atoms with Gasteiger partial charge in [0, 0.05) is 19.1 Å². The Bertz CT molecular complexity index is 168. The van der Waals surface area contributed by atoms with Gasteiger partial charge in [0.1, 0.15) is 0 Å². The van der Waals surface area contributed by atoms with Crippen molar-refractivity contribution >= 4 is 6.03 Å². The Kier molecular flexibility index (Phi) is 4.02. The molecule has 0 spiro atoms. The molecule has 0 aliphatic heterocycles. The van der Waals surface area contributed by atoms with E-state index in [4.69, 9.17) is 5.73 Å². The lowest BCUT2D eigenvalue weighted by atomic mass is 10.2. The van der Waals surface area contributed by atoms with Crippen molar-refractivity contribution in [2.75, 3.05) is 13.1 Å². The first kappa shape index (κ1) is 10.3. The van der Waals surface area contributed by atoms with Crippen LogP contribution in [0.1, 0.15) is 26.2 Å². The predicted molar refractivity (Wildman–Crippen MR) is 52.4 cm³/mol. The summed E-state index contributed by atoms with van der Waals surface area (Å²) in [5.41, 5.74) is 5.55. The summed E-state index contributed by atoms with van der Waals surface area (Å²) in [7, 11) is 0. The van der Waals surface area contributed by atoms with E-state index in [0.29, 0.717) is 12.5 Å². The van der Waals surface area contributed by atoms with Crippen LogP contribution in [0.4, 0.5) is 4.79 Å². The number of carbonyl (C=O) groups is 1. The lowest BCUT2D eigenvalue weighted by Crippen LogP contribution is -2.46. The summed E-state index contributed by atoms with van der Waals surface area (Å²) in [5, 5.41) is 5.66. The molecule has 4 nitrogen and oxygen atoms in total. The Morgan fingerprint density at radius 3 is 2.77 bits per heavy atom. The molecule has 1 saturated carbocycles. The molecule has 1 fully saturated rings. The minimum atomic E-state index is -0.0794. The number of hydrogen-bond donors (Lipinski definition) is 3. The topological polar surface area (TPSA) is 67.2 Å². The van der Waals surface area contributed by atoms with E-state index in [-0.39, 0.29) is 12.1 Å². The van der Waals surface area contributed by atoms with Crippen LogP contribution < -0.4 is 16.4 Å². The average molecular weight is 185 g/mol. The van der Waals surface area contributed by atoms with Crippen molar-refractivity contribution in [3.8, 4) is 0 Å². The molecule has 4 N–H and O–H groups in total. The van der Waals surface area contributed by atoms with Crippen molar-refractivity contribution in [3.05, 3.63) is 0 Å². The Morgan fingerprint density at radius 2 is 2.31 bits per heavy atom. The van der Waals surface area contributed by atoms with Gasteiger partial charge in [0.05, 0.1) is 0 Å². The largest absolute Gasteiger partial charge is 0.338 e. The maximum atomic E-state index is 11.2. The molecular formula is C9H19N3O. The van der Waals surface area contributed by atoms with Crippen LogP contribution in [0.15, 0.2) is 0 Å². The summed E-state index contributed by atoms with van der Waals surface area (Å²) >= 11 is 0. The molecule has 0 bridgehead atoms. The molecule has 1 rings (SSSR count). The van der Waals surface area contributed by atoms with E-state index in [0.717, 1.165) is 13.0 Å². The second-order valence-electron chi connectivity index (χ2n) is 3.58. The highest BCUT2D eigenvalue weighted by atomic mass is 16.2. The van der Waals surface area contributed by atoms with Crippen LogP contribution >= 0.6 is 0 Å².